The third kappa shape index (κ3) is 12.0. The Kier molecular flexibility index (Phi) is 16.0. The van der Waals surface area contributed by atoms with E-state index in [1.54, 1.807) is 0 Å². The molecule has 1 fully saturated rings. The van der Waals surface area contributed by atoms with Gasteiger partial charge in [-0.3, -0.25) is 14.6 Å². The first kappa shape index (κ1) is 28.9. The van der Waals surface area contributed by atoms with Gasteiger partial charge in [-0.25, -0.2) is 0 Å². The van der Waals surface area contributed by atoms with E-state index in [0.29, 0.717) is 51.0 Å². The lowest BCUT2D eigenvalue weighted by Gasteiger charge is -2.35. The van der Waals surface area contributed by atoms with Crippen molar-refractivity contribution >= 4 is 41.8 Å². The molecule has 1 unspecified atom stereocenters. The van der Waals surface area contributed by atoms with E-state index in [4.69, 9.17) is 0 Å². The van der Waals surface area contributed by atoms with Gasteiger partial charge in [0.25, 0.3) is 0 Å². The smallest absolute Gasteiger partial charge is 0.222 e. The molecule has 7 nitrogen and oxygen atoms in total. The van der Waals surface area contributed by atoms with Crippen molar-refractivity contribution in [2.24, 2.45) is 10.9 Å². The molecule has 1 aliphatic rings. The van der Waals surface area contributed by atoms with E-state index in [2.05, 4.69) is 50.2 Å². The van der Waals surface area contributed by atoms with E-state index in [-0.39, 0.29) is 35.8 Å². The van der Waals surface area contributed by atoms with Crippen LogP contribution in [0.5, 0.6) is 0 Å². The van der Waals surface area contributed by atoms with Gasteiger partial charge in [0.2, 0.25) is 11.8 Å². The van der Waals surface area contributed by atoms with E-state index < -0.39 is 0 Å². The van der Waals surface area contributed by atoms with Crippen molar-refractivity contribution < 1.29 is 9.59 Å². The molecule has 8 heteroatoms. The number of guanidine groups is 1. The van der Waals surface area contributed by atoms with Crippen LogP contribution in [0, 0.1) is 5.92 Å². The molecule has 1 saturated heterocycles. The summed E-state index contributed by atoms with van der Waals surface area (Å²) in [7, 11) is 0. The summed E-state index contributed by atoms with van der Waals surface area (Å²) < 4.78 is 0. The van der Waals surface area contributed by atoms with E-state index >= 15 is 0 Å². The summed E-state index contributed by atoms with van der Waals surface area (Å²) >= 11 is 0. The predicted molar refractivity (Wildman–Crippen MR) is 135 cm³/mol. The number of halogens is 1. The first-order valence-corrected chi connectivity index (χ1v) is 11.5. The second-order valence-corrected chi connectivity index (χ2v) is 8.38. The van der Waals surface area contributed by atoms with Crippen LogP contribution in [0.15, 0.2) is 4.99 Å². The van der Waals surface area contributed by atoms with Crippen LogP contribution in [-0.4, -0.2) is 72.9 Å². The molecule has 0 saturated carbocycles. The summed E-state index contributed by atoms with van der Waals surface area (Å²) in [4.78, 5) is 33.0. The quantitative estimate of drug-likeness (QED) is 0.184. The predicted octanol–water partition coefficient (Wildman–Crippen LogP) is 3.24. The largest absolute Gasteiger partial charge is 0.357 e. The molecule has 1 aliphatic heterocycles. The highest BCUT2D eigenvalue weighted by atomic mass is 127. The molecule has 0 aromatic carbocycles. The van der Waals surface area contributed by atoms with Gasteiger partial charge in [-0.2, -0.15) is 0 Å². The van der Waals surface area contributed by atoms with E-state index in [9.17, 15) is 9.59 Å². The number of hydrogen-bond acceptors (Lipinski definition) is 3. The van der Waals surface area contributed by atoms with Gasteiger partial charge in [-0.05, 0) is 39.0 Å². The van der Waals surface area contributed by atoms with Gasteiger partial charge in [-0.15, -0.1) is 24.0 Å². The fraction of sp³-hybridized carbons (Fsp3) is 0.864. The molecule has 0 aromatic rings. The third-order valence-electron chi connectivity index (χ3n) is 5.23. The van der Waals surface area contributed by atoms with Crippen LogP contribution in [0.1, 0.15) is 73.1 Å². The molecular formula is C22H44IN5O2. The molecule has 0 aromatic heterocycles. The summed E-state index contributed by atoms with van der Waals surface area (Å²) in [6.07, 6.45) is 5.14. The van der Waals surface area contributed by atoms with Crippen molar-refractivity contribution in [2.75, 3.05) is 39.3 Å². The van der Waals surface area contributed by atoms with Gasteiger partial charge in [0, 0.05) is 58.2 Å². The molecular weight excluding hydrogens is 493 g/mol. The average molecular weight is 538 g/mol. The Balaban J connectivity index is 0.00000841. The Morgan fingerprint density at radius 2 is 1.53 bits per heavy atom. The van der Waals surface area contributed by atoms with Gasteiger partial charge in [-0.1, -0.05) is 27.2 Å². The van der Waals surface area contributed by atoms with Crippen molar-refractivity contribution in [2.45, 2.75) is 79.2 Å². The maximum atomic E-state index is 12.4. The highest BCUT2D eigenvalue weighted by molar-refractivity contribution is 14.0. The highest BCUT2D eigenvalue weighted by Gasteiger charge is 2.23. The van der Waals surface area contributed by atoms with Crippen molar-refractivity contribution in [3.63, 3.8) is 0 Å². The Morgan fingerprint density at radius 3 is 2.07 bits per heavy atom. The highest BCUT2D eigenvalue weighted by Crippen LogP contribution is 2.10. The van der Waals surface area contributed by atoms with Crippen LogP contribution >= 0.6 is 24.0 Å². The van der Waals surface area contributed by atoms with Crippen molar-refractivity contribution in [1.82, 2.24) is 20.4 Å². The van der Waals surface area contributed by atoms with Crippen molar-refractivity contribution in [3.05, 3.63) is 0 Å². The molecule has 0 aliphatic carbocycles. The van der Waals surface area contributed by atoms with Crippen LogP contribution in [0.25, 0.3) is 0 Å². The molecule has 176 valence electrons. The van der Waals surface area contributed by atoms with Crippen molar-refractivity contribution in [3.8, 4) is 0 Å². The maximum Gasteiger partial charge on any atom is 0.222 e. The number of amides is 2. The third-order valence-corrected chi connectivity index (χ3v) is 5.23. The number of hydrogen-bond donors (Lipinski definition) is 2. The van der Waals surface area contributed by atoms with Crippen LogP contribution in [0.4, 0.5) is 0 Å². The number of rotatable bonds is 11. The van der Waals surface area contributed by atoms with E-state index in [1.807, 2.05) is 9.80 Å². The summed E-state index contributed by atoms with van der Waals surface area (Å²) in [5, 5.41) is 6.66. The normalized spacial score (nSPS) is 15.6. The van der Waals surface area contributed by atoms with Gasteiger partial charge in [0.05, 0.1) is 0 Å². The number of aliphatic imine (C=N–C) groups is 1. The Hall–Kier alpha value is -1.06. The first-order valence-electron chi connectivity index (χ1n) is 11.5. The lowest BCUT2D eigenvalue weighted by molar-refractivity contribution is -0.140. The van der Waals surface area contributed by atoms with Crippen LogP contribution in [0.3, 0.4) is 0 Å². The molecule has 0 spiro atoms. The fourth-order valence-corrected chi connectivity index (χ4v) is 3.25. The topological polar surface area (TPSA) is 77.0 Å². The SMILES string of the molecule is CCNC(=NCCCCCC(=O)N1CCN(C(=O)CC(C)C)CC1)NC(C)CC.I. The molecule has 1 heterocycles. The van der Waals surface area contributed by atoms with E-state index in [1.165, 1.54) is 0 Å². The van der Waals surface area contributed by atoms with E-state index in [0.717, 1.165) is 44.7 Å². The van der Waals surface area contributed by atoms with Gasteiger partial charge in [0.15, 0.2) is 5.96 Å². The summed E-state index contributed by atoms with van der Waals surface area (Å²) in [5.41, 5.74) is 0. The molecule has 1 atom stereocenters. The monoisotopic (exact) mass is 537 g/mol. The number of nitrogens with one attached hydrogen (secondary N) is 2. The standard InChI is InChI=1S/C22H43N5O2.HI/c1-6-19(5)25-22(23-7-2)24-12-10-8-9-11-20(28)26-13-15-27(16-14-26)21(29)17-18(3)4;/h18-19H,6-17H2,1-5H3,(H2,23,24,25);1H. The Bertz CT molecular complexity index is 520. The zero-order chi connectivity index (χ0) is 21.6. The van der Waals surface area contributed by atoms with Crippen LogP contribution < -0.4 is 10.6 Å². The average Bonchev–Trinajstić information content (AvgIpc) is 2.69. The number of carbonyl (C=O) groups excluding carboxylic acids is 2. The number of piperazine rings is 1. The second-order valence-electron chi connectivity index (χ2n) is 8.38. The molecule has 0 radical (unpaired) electrons. The molecule has 1 rings (SSSR count). The molecule has 30 heavy (non-hydrogen) atoms. The number of carbonyl (C=O) groups is 2. The second kappa shape index (κ2) is 16.6. The minimum atomic E-state index is 0. The minimum absolute atomic E-state index is 0. The van der Waals surface area contributed by atoms with Gasteiger partial charge >= 0.3 is 0 Å². The Labute approximate surface area is 200 Å². The molecule has 2 N–H and O–H groups in total. The van der Waals surface area contributed by atoms with Crippen LogP contribution in [0.2, 0.25) is 0 Å². The fourth-order valence-electron chi connectivity index (χ4n) is 3.25. The maximum absolute atomic E-state index is 12.4. The van der Waals surface area contributed by atoms with Crippen LogP contribution in [-0.2, 0) is 9.59 Å². The zero-order valence-corrected chi connectivity index (χ0v) is 22.0. The summed E-state index contributed by atoms with van der Waals surface area (Å²) in [6, 6.07) is 0.409. The lowest BCUT2D eigenvalue weighted by Crippen LogP contribution is -2.50. The molecule has 0 bridgehead atoms. The Morgan fingerprint density at radius 1 is 0.933 bits per heavy atom. The lowest BCUT2D eigenvalue weighted by atomic mass is 10.1. The first-order chi connectivity index (χ1) is 13.9. The number of unbranched alkanes of at least 4 members (excludes halogenated alkanes) is 2. The number of nitrogens with zero attached hydrogens (tertiary/aromatic N) is 3. The summed E-state index contributed by atoms with van der Waals surface area (Å²) in [5.74, 6) is 1.69. The molecule has 2 amide bonds. The summed E-state index contributed by atoms with van der Waals surface area (Å²) in [6.45, 7) is 14.8. The van der Waals surface area contributed by atoms with Gasteiger partial charge in [0.1, 0.15) is 0 Å². The van der Waals surface area contributed by atoms with Gasteiger partial charge < -0.3 is 20.4 Å². The van der Waals surface area contributed by atoms with Crippen molar-refractivity contribution in [1.29, 1.82) is 0 Å². The minimum Gasteiger partial charge on any atom is -0.357 e. The zero-order valence-electron chi connectivity index (χ0n) is 19.7.